The molecule has 5 heteroatoms. The van der Waals surface area contributed by atoms with Crippen LogP contribution < -0.4 is 10.6 Å². The number of nitrogens with zero attached hydrogens (tertiary/aromatic N) is 2. The molecule has 1 aromatic carbocycles. The summed E-state index contributed by atoms with van der Waals surface area (Å²) in [4.78, 5) is 16.3. The van der Waals surface area contributed by atoms with Crippen molar-refractivity contribution in [2.45, 2.75) is 13.8 Å². The SMILES string of the molecule is CC(C)CNc1ccnc(C(=O)Nc2ccc(C#N)cc2)c1. The average Bonchev–Trinajstić information content (AvgIpc) is 2.54. The summed E-state index contributed by atoms with van der Waals surface area (Å²) in [6.07, 6.45) is 1.61. The number of pyridine rings is 1. The molecule has 2 rings (SSSR count). The first-order valence-corrected chi connectivity index (χ1v) is 7.10. The fourth-order valence-corrected chi connectivity index (χ4v) is 1.81. The highest BCUT2D eigenvalue weighted by Crippen LogP contribution is 2.13. The minimum absolute atomic E-state index is 0.280. The summed E-state index contributed by atoms with van der Waals surface area (Å²) < 4.78 is 0. The molecule has 2 aromatic rings. The molecule has 22 heavy (non-hydrogen) atoms. The number of carbonyl (C=O) groups is 1. The van der Waals surface area contributed by atoms with Crippen molar-refractivity contribution >= 4 is 17.3 Å². The molecular weight excluding hydrogens is 276 g/mol. The number of benzene rings is 1. The van der Waals surface area contributed by atoms with E-state index in [1.54, 1.807) is 36.5 Å². The van der Waals surface area contributed by atoms with Crippen LogP contribution >= 0.6 is 0 Å². The molecule has 5 nitrogen and oxygen atoms in total. The molecule has 1 aromatic heterocycles. The molecule has 0 radical (unpaired) electrons. The number of nitriles is 1. The highest BCUT2D eigenvalue weighted by atomic mass is 16.1. The predicted octanol–water partition coefficient (Wildman–Crippen LogP) is 3.27. The van der Waals surface area contributed by atoms with Crippen LogP contribution in [0.4, 0.5) is 11.4 Å². The number of aromatic nitrogens is 1. The molecule has 0 fully saturated rings. The number of nitrogens with one attached hydrogen (secondary N) is 2. The van der Waals surface area contributed by atoms with Crippen LogP contribution in [0, 0.1) is 17.2 Å². The van der Waals surface area contributed by atoms with E-state index in [1.807, 2.05) is 12.1 Å². The van der Waals surface area contributed by atoms with Gasteiger partial charge in [-0.15, -0.1) is 0 Å². The highest BCUT2D eigenvalue weighted by Gasteiger charge is 2.08. The van der Waals surface area contributed by atoms with Gasteiger partial charge in [0.1, 0.15) is 5.69 Å². The normalized spacial score (nSPS) is 10.1. The molecular formula is C17H18N4O. The van der Waals surface area contributed by atoms with Crippen LogP contribution in [0.2, 0.25) is 0 Å². The number of hydrogen-bond donors (Lipinski definition) is 2. The Hall–Kier alpha value is -2.87. The Morgan fingerprint density at radius 2 is 1.95 bits per heavy atom. The van der Waals surface area contributed by atoms with Gasteiger partial charge in [0.05, 0.1) is 11.6 Å². The van der Waals surface area contributed by atoms with E-state index in [1.165, 1.54) is 0 Å². The Bertz CT molecular complexity index is 687. The zero-order chi connectivity index (χ0) is 15.9. The van der Waals surface area contributed by atoms with Crippen molar-refractivity contribution in [1.29, 1.82) is 5.26 Å². The highest BCUT2D eigenvalue weighted by molar-refractivity contribution is 6.03. The summed E-state index contributed by atoms with van der Waals surface area (Å²) in [7, 11) is 0. The van der Waals surface area contributed by atoms with Gasteiger partial charge in [0.25, 0.3) is 5.91 Å². The molecule has 0 unspecified atom stereocenters. The number of anilines is 2. The van der Waals surface area contributed by atoms with Crippen molar-refractivity contribution in [1.82, 2.24) is 4.98 Å². The van der Waals surface area contributed by atoms with Crippen LogP contribution in [-0.2, 0) is 0 Å². The number of amides is 1. The van der Waals surface area contributed by atoms with Gasteiger partial charge in [-0.25, -0.2) is 0 Å². The van der Waals surface area contributed by atoms with Crippen molar-refractivity contribution in [3.8, 4) is 6.07 Å². The van der Waals surface area contributed by atoms with Crippen LogP contribution in [0.25, 0.3) is 0 Å². The minimum atomic E-state index is -0.280. The summed E-state index contributed by atoms with van der Waals surface area (Å²) >= 11 is 0. The van der Waals surface area contributed by atoms with Gasteiger partial charge in [0, 0.05) is 24.1 Å². The molecule has 0 saturated heterocycles. The van der Waals surface area contributed by atoms with E-state index in [4.69, 9.17) is 5.26 Å². The monoisotopic (exact) mass is 294 g/mol. The lowest BCUT2D eigenvalue weighted by Crippen LogP contribution is -2.14. The standard InChI is InChI=1S/C17H18N4O/c1-12(2)11-20-15-7-8-19-16(9-15)17(22)21-14-5-3-13(10-18)4-6-14/h3-9,12H,11H2,1-2H3,(H,19,20)(H,21,22). The van der Waals surface area contributed by atoms with Gasteiger partial charge in [-0.2, -0.15) is 5.26 Å². The predicted molar refractivity (Wildman–Crippen MR) is 86.7 cm³/mol. The number of carbonyl (C=O) groups excluding carboxylic acids is 1. The molecule has 0 bridgehead atoms. The number of rotatable bonds is 5. The first kappa shape index (κ1) is 15.5. The molecule has 1 heterocycles. The Balaban J connectivity index is 2.05. The first-order chi connectivity index (χ1) is 10.6. The minimum Gasteiger partial charge on any atom is -0.385 e. The fourth-order valence-electron chi connectivity index (χ4n) is 1.81. The molecule has 0 atom stereocenters. The second-order valence-corrected chi connectivity index (χ2v) is 5.35. The molecule has 0 aliphatic heterocycles. The van der Waals surface area contributed by atoms with Gasteiger partial charge in [-0.05, 0) is 42.3 Å². The maximum absolute atomic E-state index is 12.2. The molecule has 112 valence electrons. The van der Waals surface area contributed by atoms with Crippen molar-refractivity contribution in [2.24, 2.45) is 5.92 Å². The van der Waals surface area contributed by atoms with E-state index < -0.39 is 0 Å². The molecule has 2 N–H and O–H groups in total. The van der Waals surface area contributed by atoms with Gasteiger partial charge in [0.2, 0.25) is 0 Å². The van der Waals surface area contributed by atoms with E-state index in [2.05, 4.69) is 29.5 Å². The lowest BCUT2D eigenvalue weighted by Gasteiger charge is -2.10. The molecule has 0 aliphatic carbocycles. The zero-order valence-corrected chi connectivity index (χ0v) is 12.6. The lowest BCUT2D eigenvalue weighted by atomic mass is 10.2. The quantitative estimate of drug-likeness (QED) is 0.887. The third-order valence-corrected chi connectivity index (χ3v) is 2.98. The van der Waals surface area contributed by atoms with Crippen LogP contribution in [0.5, 0.6) is 0 Å². The average molecular weight is 294 g/mol. The number of hydrogen-bond acceptors (Lipinski definition) is 4. The van der Waals surface area contributed by atoms with Gasteiger partial charge in [-0.1, -0.05) is 13.8 Å². The van der Waals surface area contributed by atoms with Crippen LogP contribution in [-0.4, -0.2) is 17.4 Å². The third kappa shape index (κ3) is 4.32. The summed E-state index contributed by atoms with van der Waals surface area (Å²) in [5.41, 5.74) is 2.40. The van der Waals surface area contributed by atoms with E-state index in [-0.39, 0.29) is 5.91 Å². The van der Waals surface area contributed by atoms with E-state index >= 15 is 0 Å². The maximum Gasteiger partial charge on any atom is 0.274 e. The summed E-state index contributed by atoms with van der Waals surface area (Å²) in [5.74, 6) is 0.238. The Kier molecular flexibility index (Phi) is 5.10. The Morgan fingerprint density at radius 3 is 2.59 bits per heavy atom. The molecule has 0 spiro atoms. The zero-order valence-electron chi connectivity index (χ0n) is 12.6. The molecule has 0 aliphatic rings. The maximum atomic E-state index is 12.2. The van der Waals surface area contributed by atoms with Crippen LogP contribution in [0.3, 0.4) is 0 Å². The summed E-state index contributed by atoms with van der Waals surface area (Å²) in [5, 5.41) is 14.8. The van der Waals surface area contributed by atoms with Gasteiger partial charge < -0.3 is 10.6 Å². The second kappa shape index (κ2) is 7.23. The van der Waals surface area contributed by atoms with Crippen molar-refractivity contribution in [2.75, 3.05) is 17.2 Å². The fraction of sp³-hybridized carbons (Fsp3) is 0.235. The van der Waals surface area contributed by atoms with Crippen molar-refractivity contribution < 1.29 is 4.79 Å². The summed E-state index contributed by atoms with van der Waals surface area (Å²) in [6, 6.07) is 12.3. The van der Waals surface area contributed by atoms with Gasteiger partial charge in [-0.3, -0.25) is 9.78 Å². The van der Waals surface area contributed by atoms with E-state index in [0.717, 1.165) is 12.2 Å². The van der Waals surface area contributed by atoms with Crippen molar-refractivity contribution in [3.63, 3.8) is 0 Å². The van der Waals surface area contributed by atoms with Gasteiger partial charge in [0.15, 0.2) is 0 Å². The summed E-state index contributed by atoms with van der Waals surface area (Å²) in [6.45, 7) is 5.07. The first-order valence-electron chi connectivity index (χ1n) is 7.10. The largest absolute Gasteiger partial charge is 0.385 e. The Labute approximate surface area is 130 Å². The second-order valence-electron chi connectivity index (χ2n) is 5.35. The smallest absolute Gasteiger partial charge is 0.274 e. The lowest BCUT2D eigenvalue weighted by molar-refractivity contribution is 0.102. The van der Waals surface area contributed by atoms with Gasteiger partial charge >= 0.3 is 0 Å². The van der Waals surface area contributed by atoms with Crippen molar-refractivity contribution in [3.05, 3.63) is 53.9 Å². The third-order valence-electron chi connectivity index (χ3n) is 2.98. The topological polar surface area (TPSA) is 77.8 Å². The van der Waals surface area contributed by atoms with Crippen LogP contribution in [0.1, 0.15) is 29.9 Å². The van der Waals surface area contributed by atoms with E-state index in [9.17, 15) is 4.79 Å². The molecule has 0 saturated carbocycles. The van der Waals surface area contributed by atoms with Crippen LogP contribution in [0.15, 0.2) is 42.6 Å². The molecule has 1 amide bonds. The van der Waals surface area contributed by atoms with E-state index in [0.29, 0.717) is 22.9 Å². The Morgan fingerprint density at radius 1 is 1.23 bits per heavy atom.